The fourth-order valence-corrected chi connectivity index (χ4v) is 1.40. The molecule has 0 aromatic heterocycles. The number of ether oxygens (including phenoxy) is 2. The van der Waals surface area contributed by atoms with Crippen LogP contribution in [-0.2, 0) is 16.1 Å². The first-order chi connectivity index (χ1) is 9.51. The van der Waals surface area contributed by atoms with Crippen LogP contribution in [0.2, 0.25) is 0 Å². The highest BCUT2D eigenvalue weighted by atomic mass is 16.5. The van der Waals surface area contributed by atoms with Crippen molar-refractivity contribution >= 4 is 12.1 Å². The Labute approximate surface area is 116 Å². The monoisotopic (exact) mass is 283 g/mol. The predicted octanol–water partition coefficient (Wildman–Crippen LogP) is 0.757. The Hall–Kier alpha value is -2.28. The van der Waals surface area contributed by atoms with Crippen molar-refractivity contribution in [3.05, 3.63) is 29.8 Å². The Morgan fingerprint density at radius 1 is 1.30 bits per heavy atom. The number of carbonyl (C=O) groups is 2. The average molecular weight is 283 g/mol. The van der Waals surface area contributed by atoms with Crippen LogP contribution in [0.5, 0.6) is 5.75 Å². The number of aliphatic carboxylic acids is 1. The minimum atomic E-state index is -1.14. The number of hydrogen-bond acceptors (Lipinski definition) is 5. The number of carboxylic acids is 1. The maximum Gasteiger partial charge on any atom is 0.407 e. The molecule has 1 amide bonds. The van der Waals surface area contributed by atoms with E-state index in [1.165, 1.54) is 0 Å². The molecular weight excluding hydrogens is 266 g/mol. The van der Waals surface area contributed by atoms with Gasteiger partial charge in [0.05, 0.1) is 19.6 Å². The van der Waals surface area contributed by atoms with E-state index in [1.807, 2.05) is 0 Å². The highest BCUT2D eigenvalue weighted by Crippen LogP contribution is 2.11. The van der Waals surface area contributed by atoms with Crippen molar-refractivity contribution < 1.29 is 29.3 Å². The molecular formula is C13H17NO6. The first-order valence-electron chi connectivity index (χ1n) is 5.94. The van der Waals surface area contributed by atoms with Crippen LogP contribution in [0.15, 0.2) is 24.3 Å². The Morgan fingerprint density at radius 2 is 1.95 bits per heavy atom. The molecule has 1 rings (SSSR count). The van der Waals surface area contributed by atoms with Gasteiger partial charge in [-0.15, -0.1) is 0 Å². The van der Waals surface area contributed by atoms with Gasteiger partial charge in [-0.1, -0.05) is 12.1 Å². The molecule has 0 fully saturated rings. The molecule has 0 spiro atoms. The third-order valence-corrected chi connectivity index (χ3v) is 2.42. The summed E-state index contributed by atoms with van der Waals surface area (Å²) in [4.78, 5) is 21.6. The van der Waals surface area contributed by atoms with Crippen LogP contribution in [-0.4, -0.2) is 42.0 Å². The molecule has 20 heavy (non-hydrogen) atoms. The number of amides is 1. The molecule has 3 N–H and O–H groups in total. The highest BCUT2D eigenvalue weighted by molar-refractivity contribution is 5.68. The van der Waals surface area contributed by atoms with E-state index >= 15 is 0 Å². The molecule has 0 radical (unpaired) electrons. The third-order valence-electron chi connectivity index (χ3n) is 2.42. The summed E-state index contributed by atoms with van der Waals surface area (Å²) in [5, 5.41) is 20.0. The zero-order valence-corrected chi connectivity index (χ0v) is 11.0. The van der Waals surface area contributed by atoms with Gasteiger partial charge in [0.2, 0.25) is 0 Å². The van der Waals surface area contributed by atoms with Crippen molar-refractivity contribution in [1.82, 2.24) is 5.32 Å². The lowest BCUT2D eigenvalue weighted by Crippen LogP contribution is -2.33. The topological polar surface area (TPSA) is 105 Å². The molecule has 0 saturated carbocycles. The Bertz CT molecular complexity index is 445. The molecule has 1 aromatic carbocycles. The predicted molar refractivity (Wildman–Crippen MR) is 69.4 cm³/mol. The smallest absolute Gasteiger partial charge is 0.407 e. The Balaban J connectivity index is 2.26. The summed E-state index contributed by atoms with van der Waals surface area (Å²) in [6.45, 7) is -0.0986. The van der Waals surface area contributed by atoms with Crippen LogP contribution in [0.1, 0.15) is 12.0 Å². The van der Waals surface area contributed by atoms with Gasteiger partial charge < -0.3 is 25.0 Å². The molecule has 1 unspecified atom stereocenters. The molecule has 0 aliphatic carbocycles. The molecule has 110 valence electrons. The van der Waals surface area contributed by atoms with Crippen LogP contribution in [0.3, 0.4) is 0 Å². The van der Waals surface area contributed by atoms with Crippen molar-refractivity contribution in [2.75, 3.05) is 13.7 Å². The number of hydrogen-bond donors (Lipinski definition) is 3. The van der Waals surface area contributed by atoms with Gasteiger partial charge in [-0.05, 0) is 17.7 Å². The molecule has 0 saturated heterocycles. The number of alkyl carbamates (subject to hydrolysis) is 1. The van der Waals surface area contributed by atoms with E-state index in [1.54, 1.807) is 31.4 Å². The number of aliphatic hydroxyl groups is 1. The van der Waals surface area contributed by atoms with Crippen molar-refractivity contribution in [2.24, 2.45) is 0 Å². The van der Waals surface area contributed by atoms with E-state index in [2.05, 4.69) is 5.32 Å². The average Bonchev–Trinajstić information content (AvgIpc) is 2.42. The van der Waals surface area contributed by atoms with E-state index in [-0.39, 0.29) is 13.2 Å². The van der Waals surface area contributed by atoms with Gasteiger partial charge >= 0.3 is 12.1 Å². The van der Waals surface area contributed by atoms with Crippen LogP contribution < -0.4 is 10.1 Å². The van der Waals surface area contributed by atoms with Crippen molar-refractivity contribution in [3.63, 3.8) is 0 Å². The lowest BCUT2D eigenvalue weighted by Gasteiger charge is -2.10. The van der Waals surface area contributed by atoms with Gasteiger partial charge in [0.15, 0.2) is 0 Å². The van der Waals surface area contributed by atoms with Crippen molar-refractivity contribution in [2.45, 2.75) is 19.1 Å². The number of nitrogens with one attached hydrogen (secondary N) is 1. The molecule has 1 atom stereocenters. The van der Waals surface area contributed by atoms with E-state index < -0.39 is 24.6 Å². The van der Waals surface area contributed by atoms with Crippen LogP contribution in [0.4, 0.5) is 4.79 Å². The SMILES string of the molecule is COc1ccc(COC(=O)NCC(O)CC(=O)O)cc1. The molecule has 7 heteroatoms. The lowest BCUT2D eigenvalue weighted by atomic mass is 10.2. The van der Waals surface area contributed by atoms with E-state index in [9.17, 15) is 14.7 Å². The zero-order chi connectivity index (χ0) is 15.0. The summed E-state index contributed by atoms with van der Waals surface area (Å²) >= 11 is 0. The number of carboxylic acid groups (broad SMARTS) is 1. The van der Waals surface area contributed by atoms with Gasteiger partial charge in [0.25, 0.3) is 0 Å². The van der Waals surface area contributed by atoms with Crippen molar-refractivity contribution in [1.29, 1.82) is 0 Å². The number of carbonyl (C=O) groups excluding carboxylic acids is 1. The minimum Gasteiger partial charge on any atom is -0.497 e. The Morgan fingerprint density at radius 3 is 2.50 bits per heavy atom. The number of benzene rings is 1. The summed E-state index contributed by atoms with van der Waals surface area (Å²) in [5.74, 6) is -0.430. The standard InChI is InChI=1S/C13H17NO6/c1-19-11-4-2-9(3-5-11)8-20-13(18)14-7-10(15)6-12(16)17/h2-5,10,15H,6-8H2,1H3,(H,14,18)(H,16,17). The third kappa shape index (κ3) is 6.05. The van der Waals surface area contributed by atoms with Crippen LogP contribution in [0, 0.1) is 0 Å². The minimum absolute atomic E-state index is 0.0743. The second-order valence-corrected chi connectivity index (χ2v) is 4.06. The molecule has 0 bridgehead atoms. The lowest BCUT2D eigenvalue weighted by molar-refractivity contribution is -0.139. The number of methoxy groups -OCH3 is 1. The number of aliphatic hydroxyl groups excluding tert-OH is 1. The molecule has 0 heterocycles. The summed E-state index contributed by atoms with van der Waals surface area (Å²) in [7, 11) is 1.56. The van der Waals surface area contributed by atoms with Gasteiger partial charge in [-0.25, -0.2) is 4.79 Å². The fraction of sp³-hybridized carbons (Fsp3) is 0.385. The maximum absolute atomic E-state index is 11.3. The van der Waals surface area contributed by atoms with E-state index in [0.29, 0.717) is 5.75 Å². The summed E-state index contributed by atoms with van der Waals surface area (Å²) in [6, 6.07) is 7.00. The second kappa shape index (κ2) is 8.00. The van der Waals surface area contributed by atoms with Gasteiger partial charge in [-0.2, -0.15) is 0 Å². The highest BCUT2D eigenvalue weighted by Gasteiger charge is 2.11. The first kappa shape index (κ1) is 15.8. The van der Waals surface area contributed by atoms with Gasteiger partial charge in [-0.3, -0.25) is 4.79 Å². The molecule has 0 aliphatic heterocycles. The number of rotatable bonds is 7. The van der Waals surface area contributed by atoms with E-state index in [0.717, 1.165) is 5.56 Å². The zero-order valence-electron chi connectivity index (χ0n) is 11.0. The van der Waals surface area contributed by atoms with Gasteiger partial charge in [0.1, 0.15) is 12.4 Å². The Kier molecular flexibility index (Phi) is 6.31. The van der Waals surface area contributed by atoms with Crippen LogP contribution in [0.25, 0.3) is 0 Å². The first-order valence-corrected chi connectivity index (χ1v) is 5.94. The molecule has 1 aromatic rings. The van der Waals surface area contributed by atoms with Crippen molar-refractivity contribution in [3.8, 4) is 5.75 Å². The quantitative estimate of drug-likeness (QED) is 0.682. The summed E-state index contributed by atoms with van der Waals surface area (Å²) in [6.07, 6.45) is -2.29. The largest absolute Gasteiger partial charge is 0.497 e. The van der Waals surface area contributed by atoms with Crippen LogP contribution >= 0.6 is 0 Å². The molecule has 0 aliphatic rings. The fourth-order valence-electron chi connectivity index (χ4n) is 1.40. The summed E-state index contributed by atoms with van der Waals surface area (Å²) in [5.41, 5.74) is 0.784. The molecule has 7 nitrogen and oxygen atoms in total. The second-order valence-electron chi connectivity index (χ2n) is 4.06. The van der Waals surface area contributed by atoms with Gasteiger partial charge in [0, 0.05) is 6.54 Å². The van der Waals surface area contributed by atoms with E-state index in [4.69, 9.17) is 14.6 Å². The summed E-state index contributed by atoms with van der Waals surface area (Å²) < 4.78 is 9.90. The maximum atomic E-state index is 11.3. The normalized spacial score (nSPS) is 11.5.